The molecule has 3 aliphatic rings. The molecule has 160 valence electrons. The third-order valence-electron chi connectivity index (χ3n) is 6.44. The van der Waals surface area contributed by atoms with Gasteiger partial charge in [0.15, 0.2) is 0 Å². The van der Waals surface area contributed by atoms with Gasteiger partial charge in [0.05, 0.1) is 18.8 Å². The van der Waals surface area contributed by atoms with E-state index in [2.05, 4.69) is 36.2 Å². The van der Waals surface area contributed by atoms with E-state index in [0.717, 1.165) is 50.9 Å². The summed E-state index contributed by atoms with van der Waals surface area (Å²) in [5.74, 6) is 0.113. The summed E-state index contributed by atoms with van der Waals surface area (Å²) in [6, 6.07) is 9.31. The van der Waals surface area contributed by atoms with Crippen LogP contribution in [0.15, 0.2) is 24.3 Å². The summed E-state index contributed by atoms with van der Waals surface area (Å²) in [5, 5.41) is 3.88. The van der Waals surface area contributed by atoms with E-state index in [9.17, 15) is 4.79 Å². The number of carbonyl (C=O) groups is 1. The van der Waals surface area contributed by atoms with Gasteiger partial charge >= 0.3 is 0 Å². The third-order valence-corrected chi connectivity index (χ3v) is 6.44. The van der Waals surface area contributed by atoms with Gasteiger partial charge in [-0.2, -0.15) is 0 Å². The minimum absolute atomic E-state index is 0.00296. The smallest absolute Gasteiger partial charge is 0.254 e. The second-order valence-electron chi connectivity index (χ2n) is 9.18. The molecule has 1 amide bonds. The number of nitrogens with zero attached hydrogens (tertiary/aromatic N) is 2. The molecule has 0 aliphatic carbocycles. The fourth-order valence-electron chi connectivity index (χ4n) is 4.78. The Morgan fingerprint density at radius 2 is 1.66 bits per heavy atom. The molecule has 3 fully saturated rings. The summed E-state index contributed by atoms with van der Waals surface area (Å²) >= 11 is 0. The van der Waals surface area contributed by atoms with Crippen molar-refractivity contribution < 1.29 is 14.3 Å². The Labute approximate surface area is 174 Å². The van der Waals surface area contributed by atoms with Crippen LogP contribution in [0, 0.1) is 0 Å². The molecule has 6 heteroatoms. The Hall–Kier alpha value is -1.63. The van der Waals surface area contributed by atoms with E-state index in [-0.39, 0.29) is 11.5 Å². The van der Waals surface area contributed by atoms with E-state index >= 15 is 0 Å². The number of ether oxygens (including phenoxy) is 2. The van der Waals surface area contributed by atoms with Crippen LogP contribution in [0.3, 0.4) is 0 Å². The first-order valence-electron chi connectivity index (χ1n) is 11.1. The van der Waals surface area contributed by atoms with E-state index < -0.39 is 0 Å². The van der Waals surface area contributed by atoms with E-state index in [1.165, 1.54) is 5.69 Å². The average molecular weight is 402 g/mol. The van der Waals surface area contributed by atoms with Crippen molar-refractivity contribution in [3.05, 3.63) is 29.8 Å². The van der Waals surface area contributed by atoms with Crippen molar-refractivity contribution in [2.24, 2.45) is 0 Å². The molecule has 0 spiro atoms. The molecule has 3 heterocycles. The maximum Gasteiger partial charge on any atom is 0.254 e. The number of amides is 1. The van der Waals surface area contributed by atoms with Crippen LogP contribution in [0.2, 0.25) is 0 Å². The predicted octanol–water partition coefficient (Wildman–Crippen LogP) is 2.68. The van der Waals surface area contributed by atoms with Gasteiger partial charge in [-0.3, -0.25) is 4.79 Å². The lowest BCUT2D eigenvalue weighted by Gasteiger charge is -2.40. The summed E-state index contributed by atoms with van der Waals surface area (Å²) in [6.07, 6.45) is 4.52. The first-order valence-corrected chi connectivity index (χ1v) is 11.1. The molecule has 0 radical (unpaired) electrons. The highest BCUT2D eigenvalue weighted by Crippen LogP contribution is 2.26. The SMILES string of the molecule is CC1(C)CC(NC2CCN(c3ccc(C(=O)N4CCOCC4)cc3)CC2)CCO1. The quantitative estimate of drug-likeness (QED) is 0.841. The lowest BCUT2D eigenvalue weighted by Crippen LogP contribution is -2.50. The monoisotopic (exact) mass is 401 g/mol. The predicted molar refractivity (Wildman–Crippen MR) is 115 cm³/mol. The summed E-state index contributed by atoms with van der Waals surface area (Å²) in [4.78, 5) is 16.9. The van der Waals surface area contributed by atoms with Crippen molar-refractivity contribution in [2.75, 3.05) is 50.9 Å². The van der Waals surface area contributed by atoms with Gasteiger partial charge in [-0.25, -0.2) is 0 Å². The Morgan fingerprint density at radius 3 is 2.31 bits per heavy atom. The maximum absolute atomic E-state index is 12.6. The van der Waals surface area contributed by atoms with Gasteiger partial charge in [-0.1, -0.05) is 0 Å². The summed E-state index contributed by atoms with van der Waals surface area (Å²) < 4.78 is 11.2. The van der Waals surface area contributed by atoms with Crippen LogP contribution in [0.25, 0.3) is 0 Å². The Balaban J connectivity index is 1.27. The molecular formula is C23H35N3O3. The van der Waals surface area contributed by atoms with Crippen LogP contribution in [-0.2, 0) is 9.47 Å². The number of nitrogens with one attached hydrogen (secondary N) is 1. The van der Waals surface area contributed by atoms with Gasteiger partial charge < -0.3 is 24.6 Å². The van der Waals surface area contributed by atoms with Gasteiger partial charge in [0.25, 0.3) is 5.91 Å². The normalized spacial score (nSPS) is 25.8. The molecule has 1 atom stereocenters. The fraction of sp³-hybridized carbons (Fsp3) is 0.696. The number of carbonyl (C=O) groups excluding carboxylic acids is 1. The number of hydrogen-bond acceptors (Lipinski definition) is 5. The van der Waals surface area contributed by atoms with Gasteiger partial charge in [0, 0.05) is 56.1 Å². The van der Waals surface area contributed by atoms with Crippen molar-refractivity contribution in [1.29, 1.82) is 0 Å². The third kappa shape index (κ3) is 5.30. The number of piperidine rings is 1. The van der Waals surface area contributed by atoms with Gasteiger partial charge in [-0.05, 0) is 63.8 Å². The lowest BCUT2D eigenvalue weighted by molar-refractivity contribution is -0.0644. The van der Waals surface area contributed by atoms with E-state index in [0.29, 0.717) is 38.4 Å². The molecule has 0 saturated carbocycles. The second kappa shape index (κ2) is 9.02. The minimum Gasteiger partial charge on any atom is -0.378 e. The van der Waals surface area contributed by atoms with E-state index in [1.54, 1.807) is 0 Å². The minimum atomic E-state index is -0.00296. The highest BCUT2D eigenvalue weighted by atomic mass is 16.5. The molecule has 29 heavy (non-hydrogen) atoms. The van der Waals surface area contributed by atoms with Crippen LogP contribution in [0.1, 0.15) is 49.9 Å². The van der Waals surface area contributed by atoms with Crippen molar-refractivity contribution in [1.82, 2.24) is 10.2 Å². The molecule has 1 aromatic carbocycles. The largest absolute Gasteiger partial charge is 0.378 e. The Kier molecular flexibility index (Phi) is 6.42. The van der Waals surface area contributed by atoms with Crippen LogP contribution in [-0.4, -0.2) is 74.5 Å². The van der Waals surface area contributed by atoms with Crippen molar-refractivity contribution in [2.45, 2.75) is 57.2 Å². The van der Waals surface area contributed by atoms with Crippen molar-refractivity contribution >= 4 is 11.6 Å². The highest BCUT2D eigenvalue weighted by Gasteiger charge is 2.31. The molecule has 3 aliphatic heterocycles. The summed E-state index contributed by atoms with van der Waals surface area (Å²) in [6.45, 7) is 10.0. The molecule has 0 bridgehead atoms. The second-order valence-corrected chi connectivity index (χ2v) is 9.18. The molecular weight excluding hydrogens is 366 g/mol. The molecule has 1 unspecified atom stereocenters. The van der Waals surface area contributed by atoms with Crippen molar-refractivity contribution in [3.63, 3.8) is 0 Å². The van der Waals surface area contributed by atoms with E-state index in [1.807, 2.05) is 17.0 Å². The van der Waals surface area contributed by atoms with Crippen LogP contribution in [0.4, 0.5) is 5.69 Å². The van der Waals surface area contributed by atoms with Crippen LogP contribution in [0.5, 0.6) is 0 Å². The Bertz CT molecular complexity index is 677. The van der Waals surface area contributed by atoms with Crippen LogP contribution >= 0.6 is 0 Å². The first-order chi connectivity index (χ1) is 14.0. The molecule has 1 N–H and O–H groups in total. The average Bonchev–Trinajstić information content (AvgIpc) is 2.74. The van der Waals surface area contributed by atoms with Crippen LogP contribution < -0.4 is 10.2 Å². The number of hydrogen-bond donors (Lipinski definition) is 1. The molecule has 0 aromatic heterocycles. The van der Waals surface area contributed by atoms with Gasteiger partial charge in [-0.15, -0.1) is 0 Å². The van der Waals surface area contributed by atoms with Gasteiger partial charge in [0.2, 0.25) is 0 Å². The zero-order chi connectivity index (χ0) is 20.3. The number of morpholine rings is 1. The Morgan fingerprint density at radius 1 is 0.966 bits per heavy atom. The standard InChI is InChI=1S/C23H35N3O3/c1-23(2)17-20(9-14-29-23)24-19-7-10-25(11-8-19)21-5-3-18(4-6-21)22(27)26-12-15-28-16-13-26/h3-6,19-20,24H,7-17H2,1-2H3. The first kappa shape index (κ1) is 20.6. The van der Waals surface area contributed by atoms with E-state index in [4.69, 9.17) is 9.47 Å². The van der Waals surface area contributed by atoms with Gasteiger partial charge in [0.1, 0.15) is 0 Å². The summed E-state index contributed by atoms with van der Waals surface area (Å²) in [5.41, 5.74) is 1.99. The zero-order valence-electron chi connectivity index (χ0n) is 17.9. The number of rotatable bonds is 4. The number of benzene rings is 1. The number of anilines is 1. The molecule has 1 aromatic rings. The highest BCUT2D eigenvalue weighted by molar-refractivity contribution is 5.94. The zero-order valence-corrected chi connectivity index (χ0v) is 17.9. The topological polar surface area (TPSA) is 54.0 Å². The summed E-state index contributed by atoms with van der Waals surface area (Å²) in [7, 11) is 0. The maximum atomic E-state index is 12.6. The fourth-order valence-corrected chi connectivity index (χ4v) is 4.78. The lowest BCUT2D eigenvalue weighted by atomic mass is 9.92. The molecule has 4 rings (SSSR count). The molecule has 6 nitrogen and oxygen atoms in total. The molecule has 3 saturated heterocycles. The van der Waals surface area contributed by atoms with Crippen molar-refractivity contribution in [3.8, 4) is 0 Å².